The SMILES string of the molecule is Cc1ccc(C2(CN)CCCS(=O)(=O)C2)cc1. The van der Waals surface area contributed by atoms with E-state index in [1.165, 1.54) is 5.56 Å². The summed E-state index contributed by atoms with van der Waals surface area (Å²) in [6, 6.07) is 8.08. The first-order valence-corrected chi connectivity index (χ1v) is 7.77. The van der Waals surface area contributed by atoms with Crippen molar-refractivity contribution in [3.63, 3.8) is 0 Å². The summed E-state index contributed by atoms with van der Waals surface area (Å²) in [5.74, 6) is 0.500. The highest BCUT2D eigenvalue weighted by Gasteiger charge is 2.39. The molecule has 94 valence electrons. The third-order valence-electron chi connectivity index (χ3n) is 3.66. The fraction of sp³-hybridized carbons (Fsp3) is 0.538. The third-order valence-corrected chi connectivity index (χ3v) is 5.56. The Hall–Kier alpha value is -0.870. The molecular weight excluding hydrogens is 234 g/mol. The molecule has 1 heterocycles. The van der Waals surface area contributed by atoms with Gasteiger partial charge in [-0.3, -0.25) is 0 Å². The molecule has 1 unspecified atom stereocenters. The molecule has 0 saturated carbocycles. The summed E-state index contributed by atoms with van der Waals surface area (Å²) in [5.41, 5.74) is 7.74. The predicted molar refractivity (Wildman–Crippen MR) is 69.8 cm³/mol. The van der Waals surface area contributed by atoms with E-state index in [1.807, 2.05) is 31.2 Å². The molecule has 0 bridgehead atoms. The van der Waals surface area contributed by atoms with E-state index in [-0.39, 0.29) is 11.2 Å². The number of sulfone groups is 1. The molecule has 1 fully saturated rings. The summed E-state index contributed by atoms with van der Waals surface area (Å²) in [4.78, 5) is 0. The zero-order valence-electron chi connectivity index (χ0n) is 10.1. The molecule has 1 aromatic carbocycles. The van der Waals surface area contributed by atoms with Gasteiger partial charge in [0, 0.05) is 12.0 Å². The summed E-state index contributed by atoms with van der Waals surface area (Å²) < 4.78 is 23.6. The van der Waals surface area contributed by atoms with Crippen molar-refractivity contribution in [1.82, 2.24) is 0 Å². The standard InChI is InChI=1S/C13H19NO2S/c1-11-3-5-12(6-4-11)13(9-14)7-2-8-17(15,16)10-13/h3-6H,2,7-10,14H2,1H3. The van der Waals surface area contributed by atoms with Crippen molar-refractivity contribution < 1.29 is 8.42 Å². The molecule has 1 atom stereocenters. The van der Waals surface area contributed by atoms with E-state index in [0.29, 0.717) is 18.7 Å². The van der Waals surface area contributed by atoms with Gasteiger partial charge in [-0.25, -0.2) is 8.42 Å². The fourth-order valence-electron chi connectivity index (χ4n) is 2.61. The van der Waals surface area contributed by atoms with Crippen LogP contribution in [-0.2, 0) is 15.3 Å². The van der Waals surface area contributed by atoms with Crippen LogP contribution in [0.3, 0.4) is 0 Å². The van der Waals surface area contributed by atoms with Crippen molar-refractivity contribution in [2.75, 3.05) is 18.1 Å². The lowest BCUT2D eigenvalue weighted by molar-refractivity contribution is 0.418. The summed E-state index contributed by atoms with van der Waals surface area (Å²) >= 11 is 0. The molecule has 17 heavy (non-hydrogen) atoms. The summed E-state index contributed by atoms with van der Waals surface area (Å²) in [7, 11) is -2.94. The normalized spacial score (nSPS) is 27.9. The Kier molecular flexibility index (Phi) is 3.27. The molecule has 0 amide bonds. The molecule has 1 aromatic rings. The molecule has 0 spiro atoms. The lowest BCUT2D eigenvalue weighted by atomic mass is 9.78. The number of benzene rings is 1. The monoisotopic (exact) mass is 253 g/mol. The summed E-state index contributed by atoms with van der Waals surface area (Å²) in [6.07, 6.45) is 1.58. The van der Waals surface area contributed by atoms with Crippen molar-refractivity contribution in [1.29, 1.82) is 0 Å². The van der Waals surface area contributed by atoms with E-state index in [4.69, 9.17) is 5.73 Å². The first-order valence-electron chi connectivity index (χ1n) is 5.95. The van der Waals surface area contributed by atoms with E-state index >= 15 is 0 Å². The molecule has 1 aliphatic heterocycles. The molecule has 0 aromatic heterocycles. The molecule has 2 rings (SSSR count). The van der Waals surface area contributed by atoms with Crippen LogP contribution >= 0.6 is 0 Å². The highest BCUT2D eigenvalue weighted by molar-refractivity contribution is 7.91. The van der Waals surface area contributed by atoms with Crippen LogP contribution in [0.2, 0.25) is 0 Å². The number of hydrogen-bond donors (Lipinski definition) is 1. The lowest BCUT2D eigenvalue weighted by Gasteiger charge is -2.36. The Morgan fingerprint density at radius 1 is 1.29 bits per heavy atom. The second-order valence-electron chi connectivity index (χ2n) is 5.05. The molecule has 0 radical (unpaired) electrons. The van der Waals surface area contributed by atoms with Gasteiger partial charge in [0.25, 0.3) is 0 Å². The number of aryl methyl sites for hydroxylation is 1. The predicted octanol–water partition coefficient (Wildman–Crippen LogP) is 1.40. The topological polar surface area (TPSA) is 60.2 Å². The van der Waals surface area contributed by atoms with Gasteiger partial charge in [-0.15, -0.1) is 0 Å². The zero-order chi connectivity index (χ0) is 12.5. The Morgan fingerprint density at radius 3 is 2.47 bits per heavy atom. The first-order chi connectivity index (χ1) is 7.97. The van der Waals surface area contributed by atoms with E-state index < -0.39 is 9.84 Å². The van der Waals surface area contributed by atoms with Crippen LogP contribution < -0.4 is 5.73 Å². The average Bonchev–Trinajstić information content (AvgIpc) is 2.28. The lowest BCUT2D eigenvalue weighted by Crippen LogP contribution is -2.45. The minimum absolute atomic E-state index is 0.194. The van der Waals surface area contributed by atoms with Crippen molar-refractivity contribution in [2.45, 2.75) is 25.2 Å². The minimum atomic E-state index is -2.94. The van der Waals surface area contributed by atoms with Crippen molar-refractivity contribution in [3.8, 4) is 0 Å². The smallest absolute Gasteiger partial charge is 0.151 e. The Bertz CT molecular complexity index is 493. The highest BCUT2D eigenvalue weighted by Crippen LogP contribution is 2.34. The van der Waals surface area contributed by atoms with Crippen LogP contribution in [0, 0.1) is 6.92 Å². The van der Waals surface area contributed by atoms with Crippen LogP contribution in [0.25, 0.3) is 0 Å². The Labute approximate surface area is 103 Å². The van der Waals surface area contributed by atoms with Crippen LogP contribution in [0.15, 0.2) is 24.3 Å². The van der Waals surface area contributed by atoms with Crippen LogP contribution in [0.1, 0.15) is 24.0 Å². The van der Waals surface area contributed by atoms with E-state index in [0.717, 1.165) is 12.0 Å². The van der Waals surface area contributed by atoms with Crippen molar-refractivity contribution >= 4 is 9.84 Å². The quantitative estimate of drug-likeness (QED) is 0.866. The van der Waals surface area contributed by atoms with Crippen LogP contribution in [0.5, 0.6) is 0 Å². The van der Waals surface area contributed by atoms with Gasteiger partial charge in [-0.05, 0) is 25.3 Å². The largest absolute Gasteiger partial charge is 0.330 e. The number of rotatable bonds is 2. The molecule has 3 nitrogen and oxygen atoms in total. The summed E-state index contributed by atoms with van der Waals surface area (Å²) in [6.45, 7) is 2.42. The maximum Gasteiger partial charge on any atom is 0.151 e. The van der Waals surface area contributed by atoms with Gasteiger partial charge in [0.15, 0.2) is 9.84 Å². The molecular formula is C13H19NO2S. The summed E-state index contributed by atoms with van der Waals surface area (Å²) in [5, 5.41) is 0. The van der Waals surface area contributed by atoms with Gasteiger partial charge in [-0.1, -0.05) is 29.8 Å². The van der Waals surface area contributed by atoms with E-state index in [9.17, 15) is 8.42 Å². The first kappa shape index (κ1) is 12.6. The van der Waals surface area contributed by atoms with Gasteiger partial charge < -0.3 is 5.73 Å². The van der Waals surface area contributed by atoms with Crippen molar-refractivity contribution in [2.24, 2.45) is 5.73 Å². The average molecular weight is 253 g/mol. The second-order valence-corrected chi connectivity index (χ2v) is 7.23. The highest BCUT2D eigenvalue weighted by atomic mass is 32.2. The fourth-order valence-corrected chi connectivity index (χ4v) is 4.61. The van der Waals surface area contributed by atoms with Gasteiger partial charge in [0.2, 0.25) is 0 Å². The number of hydrogen-bond acceptors (Lipinski definition) is 3. The van der Waals surface area contributed by atoms with Gasteiger partial charge in [0.05, 0.1) is 11.5 Å². The molecule has 2 N–H and O–H groups in total. The minimum Gasteiger partial charge on any atom is -0.330 e. The van der Waals surface area contributed by atoms with E-state index in [1.54, 1.807) is 0 Å². The van der Waals surface area contributed by atoms with Crippen molar-refractivity contribution in [3.05, 3.63) is 35.4 Å². The molecule has 4 heteroatoms. The maximum atomic E-state index is 11.8. The second kappa shape index (κ2) is 4.42. The van der Waals surface area contributed by atoms with Crippen LogP contribution in [-0.4, -0.2) is 26.5 Å². The zero-order valence-corrected chi connectivity index (χ0v) is 11.0. The number of nitrogens with two attached hydrogens (primary N) is 1. The molecule has 1 saturated heterocycles. The molecule has 1 aliphatic rings. The maximum absolute atomic E-state index is 11.8. The van der Waals surface area contributed by atoms with Crippen LogP contribution in [0.4, 0.5) is 0 Å². The Balaban J connectivity index is 2.40. The Morgan fingerprint density at radius 2 is 1.94 bits per heavy atom. The molecule has 0 aliphatic carbocycles. The van der Waals surface area contributed by atoms with Gasteiger partial charge in [-0.2, -0.15) is 0 Å². The third kappa shape index (κ3) is 2.53. The van der Waals surface area contributed by atoms with Gasteiger partial charge in [0.1, 0.15) is 0 Å². The van der Waals surface area contributed by atoms with Gasteiger partial charge >= 0.3 is 0 Å². The van der Waals surface area contributed by atoms with E-state index in [2.05, 4.69) is 0 Å².